The highest BCUT2D eigenvalue weighted by Gasteiger charge is 2.37. The van der Waals surface area contributed by atoms with Gasteiger partial charge in [-0.25, -0.2) is 0 Å². The summed E-state index contributed by atoms with van der Waals surface area (Å²) in [7, 11) is 6.13. The third kappa shape index (κ3) is 2.33. The number of hydrogen-bond acceptors (Lipinski definition) is 3. The molecule has 0 bridgehead atoms. The molecule has 1 aromatic rings. The van der Waals surface area contributed by atoms with Gasteiger partial charge in [-0.3, -0.25) is 4.90 Å². The Hall–Kier alpha value is -1.06. The summed E-state index contributed by atoms with van der Waals surface area (Å²) in [6.07, 6.45) is 6.67. The number of ether oxygens (including phenoxy) is 1. The van der Waals surface area contributed by atoms with Crippen LogP contribution in [0.25, 0.3) is 0 Å². The summed E-state index contributed by atoms with van der Waals surface area (Å²) in [6.45, 7) is 0. The van der Waals surface area contributed by atoms with E-state index in [2.05, 4.69) is 42.5 Å². The molecule has 0 amide bonds. The first-order valence-corrected chi connectivity index (χ1v) is 7.80. The lowest BCUT2D eigenvalue weighted by atomic mass is 10.0. The minimum Gasteiger partial charge on any atom is -0.497 e. The van der Waals surface area contributed by atoms with Crippen molar-refractivity contribution in [3.05, 3.63) is 29.3 Å². The summed E-state index contributed by atoms with van der Waals surface area (Å²) in [5.41, 5.74) is 2.89. The standard InChI is InChI=1S/C17H26N2O/c1-18-17-15-11-14(20-3)9-8-12(15)10-16(17)19(2)13-6-4-5-7-13/h8-9,11,13,16-18H,4-7,10H2,1-3H3. The van der Waals surface area contributed by atoms with E-state index in [1.54, 1.807) is 7.11 Å². The van der Waals surface area contributed by atoms with Crippen molar-refractivity contribution in [3.63, 3.8) is 0 Å². The van der Waals surface area contributed by atoms with Crippen LogP contribution >= 0.6 is 0 Å². The van der Waals surface area contributed by atoms with Crippen LogP contribution in [0.2, 0.25) is 0 Å². The van der Waals surface area contributed by atoms with Crippen LogP contribution in [0, 0.1) is 0 Å². The average molecular weight is 274 g/mol. The van der Waals surface area contributed by atoms with E-state index in [4.69, 9.17) is 4.74 Å². The summed E-state index contributed by atoms with van der Waals surface area (Å²) in [5.74, 6) is 0.966. The molecule has 1 N–H and O–H groups in total. The van der Waals surface area contributed by atoms with Crippen LogP contribution in [0.15, 0.2) is 18.2 Å². The fourth-order valence-corrected chi connectivity index (χ4v) is 4.04. The first-order valence-electron chi connectivity index (χ1n) is 7.80. The van der Waals surface area contributed by atoms with Crippen molar-refractivity contribution in [2.45, 2.75) is 50.2 Å². The largest absolute Gasteiger partial charge is 0.497 e. The maximum atomic E-state index is 5.39. The van der Waals surface area contributed by atoms with Crippen molar-refractivity contribution < 1.29 is 4.74 Å². The van der Waals surface area contributed by atoms with Gasteiger partial charge in [-0.15, -0.1) is 0 Å². The minimum atomic E-state index is 0.422. The highest BCUT2D eigenvalue weighted by Crippen LogP contribution is 2.38. The van der Waals surface area contributed by atoms with E-state index in [0.29, 0.717) is 12.1 Å². The van der Waals surface area contributed by atoms with E-state index in [9.17, 15) is 0 Å². The summed E-state index contributed by atoms with van der Waals surface area (Å²) >= 11 is 0. The monoisotopic (exact) mass is 274 g/mol. The summed E-state index contributed by atoms with van der Waals surface area (Å²) in [5, 5.41) is 3.53. The quantitative estimate of drug-likeness (QED) is 0.913. The SMILES string of the molecule is CNC1c2cc(OC)ccc2CC1N(C)C1CCCC1. The molecule has 1 saturated carbocycles. The number of methoxy groups -OCH3 is 1. The molecule has 0 radical (unpaired) electrons. The Balaban J connectivity index is 1.84. The molecule has 2 atom stereocenters. The van der Waals surface area contributed by atoms with Gasteiger partial charge in [0.15, 0.2) is 0 Å². The van der Waals surface area contributed by atoms with E-state index in [-0.39, 0.29) is 0 Å². The first-order chi connectivity index (χ1) is 9.74. The summed E-state index contributed by atoms with van der Waals surface area (Å²) < 4.78 is 5.39. The van der Waals surface area contributed by atoms with Gasteiger partial charge in [0, 0.05) is 18.1 Å². The van der Waals surface area contributed by atoms with Crippen LogP contribution in [0.5, 0.6) is 5.75 Å². The molecule has 3 heteroatoms. The van der Waals surface area contributed by atoms with Crippen molar-refractivity contribution >= 4 is 0 Å². The van der Waals surface area contributed by atoms with Crippen LogP contribution in [-0.4, -0.2) is 38.2 Å². The van der Waals surface area contributed by atoms with Crippen LogP contribution in [-0.2, 0) is 6.42 Å². The lowest BCUT2D eigenvalue weighted by Gasteiger charge is -2.34. The highest BCUT2D eigenvalue weighted by molar-refractivity contribution is 5.42. The number of hydrogen-bond donors (Lipinski definition) is 1. The van der Waals surface area contributed by atoms with Gasteiger partial charge in [0.1, 0.15) is 5.75 Å². The van der Waals surface area contributed by atoms with E-state index in [1.165, 1.54) is 36.8 Å². The molecule has 2 unspecified atom stereocenters. The maximum absolute atomic E-state index is 5.39. The van der Waals surface area contributed by atoms with Gasteiger partial charge < -0.3 is 10.1 Å². The fraction of sp³-hybridized carbons (Fsp3) is 0.647. The molecule has 0 saturated heterocycles. The van der Waals surface area contributed by atoms with Crippen LogP contribution in [0.4, 0.5) is 0 Å². The topological polar surface area (TPSA) is 24.5 Å². The second kappa shape index (κ2) is 5.74. The predicted octanol–water partition coefficient (Wildman–Crippen LogP) is 2.75. The van der Waals surface area contributed by atoms with Gasteiger partial charge in [0.25, 0.3) is 0 Å². The Morgan fingerprint density at radius 3 is 2.65 bits per heavy atom. The zero-order chi connectivity index (χ0) is 14.1. The van der Waals surface area contributed by atoms with Gasteiger partial charge in [-0.1, -0.05) is 18.9 Å². The van der Waals surface area contributed by atoms with Crippen molar-refractivity contribution in [2.24, 2.45) is 0 Å². The summed E-state index contributed by atoms with van der Waals surface area (Å²) in [4.78, 5) is 2.63. The van der Waals surface area contributed by atoms with E-state index >= 15 is 0 Å². The van der Waals surface area contributed by atoms with E-state index in [1.807, 2.05) is 0 Å². The molecule has 2 aliphatic rings. The Morgan fingerprint density at radius 1 is 1.25 bits per heavy atom. The zero-order valence-electron chi connectivity index (χ0n) is 12.9. The molecule has 3 rings (SSSR count). The van der Waals surface area contributed by atoms with Crippen LogP contribution < -0.4 is 10.1 Å². The van der Waals surface area contributed by atoms with E-state index < -0.39 is 0 Å². The van der Waals surface area contributed by atoms with Gasteiger partial charge in [0.2, 0.25) is 0 Å². The molecule has 3 nitrogen and oxygen atoms in total. The lowest BCUT2D eigenvalue weighted by molar-refractivity contribution is 0.151. The third-order valence-corrected chi connectivity index (χ3v) is 5.24. The number of rotatable bonds is 4. The molecule has 0 aromatic heterocycles. The smallest absolute Gasteiger partial charge is 0.119 e. The molecule has 0 heterocycles. The maximum Gasteiger partial charge on any atom is 0.119 e. The molecule has 1 aromatic carbocycles. The Labute approximate surface area is 122 Å². The minimum absolute atomic E-state index is 0.422. The predicted molar refractivity (Wildman–Crippen MR) is 82.3 cm³/mol. The van der Waals surface area contributed by atoms with Crippen molar-refractivity contribution in [1.29, 1.82) is 0 Å². The van der Waals surface area contributed by atoms with Gasteiger partial charge in [-0.05, 0) is 56.6 Å². The third-order valence-electron chi connectivity index (χ3n) is 5.24. The molecule has 110 valence electrons. The van der Waals surface area contributed by atoms with Gasteiger partial charge in [-0.2, -0.15) is 0 Å². The Kier molecular flexibility index (Phi) is 3.99. The normalized spacial score (nSPS) is 26.2. The summed E-state index contributed by atoms with van der Waals surface area (Å²) in [6, 6.07) is 8.30. The average Bonchev–Trinajstić information content (AvgIpc) is 3.12. The van der Waals surface area contributed by atoms with Crippen molar-refractivity contribution in [3.8, 4) is 5.75 Å². The highest BCUT2D eigenvalue weighted by atomic mass is 16.5. The van der Waals surface area contributed by atoms with Crippen LogP contribution in [0.3, 0.4) is 0 Å². The number of fused-ring (bicyclic) bond motifs is 1. The Bertz CT molecular complexity index is 468. The molecule has 0 aliphatic heterocycles. The molecule has 1 fully saturated rings. The zero-order valence-corrected chi connectivity index (χ0v) is 12.9. The molecular weight excluding hydrogens is 248 g/mol. The number of nitrogens with one attached hydrogen (secondary N) is 1. The van der Waals surface area contributed by atoms with Crippen molar-refractivity contribution in [1.82, 2.24) is 10.2 Å². The van der Waals surface area contributed by atoms with Crippen molar-refractivity contribution in [2.75, 3.05) is 21.2 Å². The Morgan fingerprint density at radius 2 is 2.00 bits per heavy atom. The first kappa shape index (κ1) is 13.9. The van der Waals surface area contributed by atoms with Gasteiger partial charge >= 0.3 is 0 Å². The second-order valence-electron chi connectivity index (χ2n) is 6.21. The number of likely N-dealkylation sites (N-methyl/N-ethyl adjacent to an activating group) is 2. The number of nitrogens with zero attached hydrogens (tertiary/aromatic N) is 1. The molecule has 2 aliphatic carbocycles. The van der Waals surface area contributed by atoms with Gasteiger partial charge in [0.05, 0.1) is 7.11 Å². The second-order valence-corrected chi connectivity index (χ2v) is 6.21. The fourth-order valence-electron chi connectivity index (χ4n) is 4.04. The van der Waals surface area contributed by atoms with E-state index in [0.717, 1.165) is 18.2 Å². The molecular formula is C17H26N2O. The van der Waals surface area contributed by atoms with Crippen LogP contribution in [0.1, 0.15) is 42.9 Å². The number of benzene rings is 1. The lowest BCUT2D eigenvalue weighted by Crippen LogP contribution is -2.44. The molecule has 0 spiro atoms. The molecule has 20 heavy (non-hydrogen) atoms.